The van der Waals surface area contributed by atoms with Gasteiger partial charge in [-0.2, -0.15) is 4.98 Å². The van der Waals surface area contributed by atoms with Crippen molar-refractivity contribution in [3.05, 3.63) is 72.3 Å². The average Bonchev–Trinajstić information content (AvgIpc) is 2.69. The molecule has 2 aromatic carbocycles. The van der Waals surface area contributed by atoms with Crippen molar-refractivity contribution in [1.29, 1.82) is 0 Å². The molecule has 0 aliphatic carbocycles. The number of fused-ring (bicyclic) bond motifs is 2. The van der Waals surface area contributed by atoms with Crippen LogP contribution in [0.2, 0.25) is 5.02 Å². The third-order valence-corrected chi connectivity index (χ3v) is 5.44. The molecular formula is C20H16BrClN4O3. The topological polar surface area (TPSA) is 89.9 Å². The Bertz CT molecular complexity index is 1280. The largest absolute Gasteiger partial charge is 0.492 e. The molecule has 0 bridgehead atoms. The molecule has 2 aliphatic heterocycles. The van der Waals surface area contributed by atoms with Crippen LogP contribution in [0.4, 0.5) is 0 Å². The molecule has 0 unspecified atom stereocenters. The summed E-state index contributed by atoms with van der Waals surface area (Å²) in [6.07, 6.45) is 0.734. The molecule has 0 saturated heterocycles. The van der Waals surface area contributed by atoms with E-state index in [1.54, 1.807) is 10.6 Å². The Kier molecular flexibility index (Phi) is 5.38. The average molecular weight is 476 g/mol. The number of nitrogens with zero attached hydrogens (tertiary/aromatic N) is 3. The molecular weight excluding hydrogens is 460 g/mol. The second kappa shape index (κ2) is 7.96. The van der Waals surface area contributed by atoms with E-state index in [0.717, 1.165) is 22.0 Å². The van der Waals surface area contributed by atoms with Crippen molar-refractivity contribution >= 4 is 38.6 Å². The van der Waals surface area contributed by atoms with Gasteiger partial charge in [-0.1, -0.05) is 34.5 Å². The number of benzene rings is 2. The minimum atomic E-state index is -0.712. The molecule has 29 heavy (non-hydrogen) atoms. The monoisotopic (exact) mass is 474 g/mol. The Labute approximate surface area is 178 Å². The minimum absolute atomic E-state index is 0.0843. The number of hydrogen-bond donors (Lipinski definition) is 1. The lowest BCUT2D eigenvalue weighted by Crippen LogP contribution is -2.29. The van der Waals surface area contributed by atoms with Crippen LogP contribution in [0.1, 0.15) is 12.5 Å². The van der Waals surface area contributed by atoms with Crippen molar-refractivity contribution in [2.45, 2.75) is 19.9 Å². The predicted octanol–water partition coefficient (Wildman–Crippen LogP) is 3.64. The SMILES string of the molecule is CCc1cc2c(cc1Cl)nc1c(=O)[nH]c(=O)nc-1n2CCOc1ccc(Br)cc1. The van der Waals surface area contributed by atoms with Crippen LogP contribution in [0.15, 0.2) is 50.5 Å². The third-order valence-electron chi connectivity index (χ3n) is 4.56. The van der Waals surface area contributed by atoms with Crippen molar-refractivity contribution in [3.8, 4) is 17.3 Å². The van der Waals surface area contributed by atoms with Crippen LogP contribution in [0, 0.1) is 0 Å². The van der Waals surface area contributed by atoms with Crippen LogP contribution in [-0.4, -0.2) is 26.1 Å². The van der Waals surface area contributed by atoms with Gasteiger partial charge in [0.2, 0.25) is 0 Å². The van der Waals surface area contributed by atoms with E-state index in [9.17, 15) is 9.59 Å². The first kappa shape index (κ1) is 19.6. The molecule has 2 aliphatic rings. The Morgan fingerprint density at radius 1 is 1.17 bits per heavy atom. The molecule has 7 nitrogen and oxygen atoms in total. The lowest BCUT2D eigenvalue weighted by molar-refractivity contribution is 0.300. The molecule has 0 radical (unpaired) electrons. The number of halogens is 2. The van der Waals surface area contributed by atoms with Crippen molar-refractivity contribution in [3.63, 3.8) is 0 Å². The fraction of sp³-hybridized carbons (Fsp3) is 0.200. The van der Waals surface area contributed by atoms with Crippen molar-refractivity contribution < 1.29 is 4.74 Å². The van der Waals surface area contributed by atoms with E-state index >= 15 is 0 Å². The Hall–Kier alpha value is -2.71. The molecule has 148 valence electrons. The molecule has 9 heteroatoms. The van der Waals surface area contributed by atoms with Gasteiger partial charge >= 0.3 is 5.69 Å². The number of ether oxygens (including phenoxy) is 1. The van der Waals surface area contributed by atoms with Crippen LogP contribution in [0.5, 0.6) is 5.75 Å². The van der Waals surface area contributed by atoms with E-state index in [2.05, 4.69) is 30.9 Å². The molecule has 2 heterocycles. The standard InChI is InChI=1S/C20H16BrClN4O3/c1-2-11-9-16-15(10-14(11)22)23-17-18(24-20(28)25-19(17)27)26(16)7-8-29-13-5-3-12(21)4-6-13/h3-6,9-10H,2,7-8H2,1H3,(H,25,27,28). The highest BCUT2D eigenvalue weighted by Crippen LogP contribution is 2.27. The molecule has 0 saturated carbocycles. The fourth-order valence-corrected chi connectivity index (χ4v) is 3.70. The van der Waals surface area contributed by atoms with E-state index in [-0.39, 0.29) is 11.5 Å². The highest BCUT2D eigenvalue weighted by atomic mass is 79.9. The number of nitrogens with one attached hydrogen (secondary N) is 1. The second-order valence-corrected chi connectivity index (χ2v) is 7.72. The first-order valence-electron chi connectivity index (χ1n) is 8.97. The molecule has 4 rings (SSSR count). The van der Waals surface area contributed by atoms with Gasteiger partial charge < -0.3 is 9.30 Å². The van der Waals surface area contributed by atoms with Gasteiger partial charge in [0.25, 0.3) is 5.56 Å². The molecule has 0 atom stereocenters. The fourth-order valence-electron chi connectivity index (χ4n) is 3.14. The molecule has 1 N–H and O–H groups in total. The van der Waals surface area contributed by atoms with E-state index < -0.39 is 11.2 Å². The molecule has 0 amide bonds. The van der Waals surface area contributed by atoms with Crippen molar-refractivity contribution in [2.24, 2.45) is 0 Å². The van der Waals surface area contributed by atoms with Crippen LogP contribution in [0.3, 0.4) is 0 Å². The smallest absolute Gasteiger partial charge is 0.349 e. The third kappa shape index (κ3) is 3.90. The molecule has 0 fully saturated rings. The van der Waals surface area contributed by atoms with Gasteiger partial charge in [-0.05, 0) is 48.4 Å². The number of rotatable bonds is 5. The summed E-state index contributed by atoms with van der Waals surface area (Å²) in [5.41, 5.74) is 1.01. The summed E-state index contributed by atoms with van der Waals surface area (Å²) in [5, 5.41) is 0.578. The van der Waals surface area contributed by atoms with Gasteiger partial charge in [-0.15, -0.1) is 0 Å². The number of aromatic amines is 1. The summed E-state index contributed by atoms with van der Waals surface area (Å²) >= 11 is 9.73. The van der Waals surface area contributed by atoms with Gasteiger partial charge in [-0.25, -0.2) is 9.78 Å². The summed E-state index contributed by atoms with van der Waals surface area (Å²) in [6, 6.07) is 11.1. The van der Waals surface area contributed by atoms with Crippen LogP contribution >= 0.6 is 27.5 Å². The van der Waals surface area contributed by atoms with Crippen LogP contribution in [-0.2, 0) is 13.0 Å². The molecule has 2 aromatic rings. The zero-order chi connectivity index (χ0) is 20.5. The highest BCUT2D eigenvalue weighted by Gasteiger charge is 2.19. The number of aromatic nitrogens is 4. The lowest BCUT2D eigenvalue weighted by atomic mass is 10.1. The first-order chi connectivity index (χ1) is 14.0. The maximum absolute atomic E-state index is 12.3. The Morgan fingerprint density at radius 3 is 2.66 bits per heavy atom. The van der Waals surface area contributed by atoms with Crippen molar-refractivity contribution in [2.75, 3.05) is 6.61 Å². The molecule has 0 spiro atoms. The summed E-state index contributed by atoms with van der Waals surface area (Å²) in [5.74, 6) is 0.930. The van der Waals surface area contributed by atoms with Gasteiger partial charge in [0.15, 0.2) is 11.5 Å². The van der Waals surface area contributed by atoms with E-state index in [4.69, 9.17) is 16.3 Å². The van der Waals surface area contributed by atoms with Gasteiger partial charge in [0.1, 0.15) is 12.4 Å². The summed E-state index contributed by atoms with van der Waals surface area (Å²) in [6.45, 7) is 2.68. The Balaban J connectivity index is 1.82. The maximum atomic E-state index is 12.3. The minimum Gasteiger partial charge on any atom is -0.492 e. The van der Waals surface area contributed by atoms with Gasteiger partial charge in [-0.3, -0.25) is 9.78 Å². The quantitative estimate of drug-likeness (QED) is 0.445. The summed E-state index contributed by atoms with van der Waals surface area (Å²) in [4.78, 5) is 34.7. The van der Waals surface area contributed by atoms with Crippen molar-refractivity contribution in [1.82, 2.24) is 19.5 Å². The Morgan fingerprint density at radius 2 is 1.93 bits per heavy atom. The van der Waals surface area contributed by atoms with E-state index in [1.165, 1.54) is 0 Å². The number of H-pyrrole nitrogens is 1. The normalized spacial score (nSPS) is 11.3. The summed E-state index contributed by atoms with van der Waals surface area (Å²) in [7, 11) is 0. The van der Waals surface area contributed by atoms with E-state index in [1.807, 2.05) is 37.3 Å². The van der Waals surface area contributed by atoms with Crippen LogP contribution < -0.4 is 16.0 Å². The van der Waals surface area contributed by atoms with E-state index in [0.29, 0.717) is 29.4 Å². The second-order valence-electron chi connectivity index (χ2n) is 6.40. The summed E-state index contributed by atoms with van der Waals surface area (Å²) < 4.78 is 8.56. The number of aryl methyl sites for hydroxylation is 1. The molecule has 0 aromatic heterocycles. The zero-order valence-electron chi connectivity index (χ0n) is 15.4. The zero-order valence-corrected chi connectivity index (χ0v) is 17.7. The first-order valence-corrected chi connectivity index (χ1v) is 10.1. The van der Waals surface area contributed by atoms with Gasteiger partial charge in [0, 0.05) is 9.50 Å². The predicted molar refractivity (Wildman–Crippen MR) is 115 cm³/mol. The maximum Gasteiger partial charge on any atom is 0.349 e. The lowest BCUT2D eigenvalue weighted by Gasteiger charge is -2.18. The van der Waals surface area contributed by atoms with Crippen LogP contribution in [0.25, 0.3) is 22.6 Å². The number of hydrogen-bond acceptors (Lipinski definition) is 5. The van der Waals surface area contributed by atoms with Gasteiger partial charge in [0.05, 0.1) is 17.6 Å². The highest BCUT2D eigenvalue weighted by molar-refractivity contribution is 9.10.